The van der Waals surface area contributed by atoms with Crippen LogP contribution in [0.25, 0.3) is 5.69 Å². The Morgan fingerprint density at radius 3 is 2.66 bits per heavy atom. The number of carbonyl (C=O) groups excluding carboxylic acids is 1. The number of hydrogen-bond acceptors (Lipinski definition) is 6. The summed E-state index contributed by atoms with van der Waals surface area (Å²) in [5.41, 5.74) is 4.54. The summed E-state index contributed by atoms with van der Waals surface area (Å²) in [5, 5.41) is 8.40. The summed E-state index contributed by atoms with van der Waals surface area (Å²) >= 11 is 7.72. The first kappa shape index (κ1) is 26.2. The van der Waals surface area contributed by atoms with Crippen LogP contribution in [-0.4, -0.2) is 29.9 Å². The van der Waals surface area contributed by atoms with E-state index in [0.717, 1.165) is 38.9 Å². The zero-order valence-corrected chi connectivity index (χ0v) is 22.8. The SMILES string of the molecule is COc1ccc(CNSc2cc(NC(=O)Cc3ccccc3Cl)ccc2-n2ccc(C3CC3)n2)c(OC)c1. The Kier molecular flexibility index (Phi) is 8.22. The number of amides is 1. The molecule has 3 aromatic carbocycles. The first-order chi connectivity index (χ1) is 18.5. The monoisotopic (exact) mass is 548 g/mol. The van der Waals surface area contributed by atoms with Gasteiger partial charge in [-0.05, 0) is 66.8 Å². The molecule has 0 bridgehead atoms. The van der Waals surface area contributed by atoms with Crippen molar-refractivity contribution in [2.45, 2.75) is 36.6 Å². The largest absolute Gasteiger partial charge is 0.497 e. The van der Waals surface area contributed by atoms with Gasteiger partial charge >= 0.3 is 0 Å². The second kappa shape index (κ2) is 11.9. The van der Waals surface area contributed by atoms with Gasteiger partial charge in [0.15, 0.2) is 0 Å². The number of nitrogens with zero attached hydrogens (tertiary/aromatic N) is 2. The Morgan fingerprint density at radius 2 is 1.89 bits per heavy atom. The quantitative estimate of drug-likeness (QED) is 0.211. The van der Waals surface area contributed by atoms with Crippen molar-refractivity contribution in [1.82, 2.24) is 14.5 Å². The summed E-state index contributed by atoms with van der Waals surface area (Å²) in [6, 6.07) is 21.1. The highest BCUT2D eigenvalue weighted by molar-refractivity contribution is 7.97. The summed E-state index contributed by atoms with van der Waals surface area (Å²) in [6.07, 6.45) is 4.58. The third-order valence-electron chi connectivity index (χ3n) is 6.34. The molecule has 2 N–H and O–H groups in total. The van der Waals surface area contributed by atoms with Crippen LogP contribution < -0.4 is 19.5 Å². The van der Waals surface area contributed by atoms with Crippen molar-refractivity contribution in [2.24, 2.45) is 0 Å². The summed E-state index contributed by atoms with van der Waals surface area (Å²) in [4.78, 5) is 13.7. The van der Waals surface area contributed by atoms with Crippen molar-refractivity contribution in [1.29, 1.82) is 0 Å². The van der Waals surface area contributed by atoms with E-state index < -0.39 is 0 Å². The Labute approximate surface area is 231 Å². The van der Waals surface area contributed by atoms with Crippen LogP contribution in [0.1, 0.15) is 35.6 Å². The molecule has 0 radical (unpaired) electrons. The molecule has 1 aliphatic carbocycles. The number of nitrogens with one attached hydrogen (secondary N) is 2. The fourth-order valence-electron chi connectivity index (χ4n) is 4.14. The number of rotatable bonds is 11. The average molecular weight is 549 g/mol. The fraction of sp³-hybridized carbons (Fsp3) is 0.241. The highest BCUT2D eigenvalue weighted by atomic mass is 35.5. The van der Waals surface area contributed by atoms with Gasteiger partial charge in [0.2, 0.25) is 5.91 Å². The van der Waals surface area contributed by atoms with Gasteiger partial charge in [-0.15, -0.1) is 0 Å². The van der Waals surface area contributed by atoms with Crippen LogP contribution in [0.2, 0.25) is 5.02 Å². The van der Waals surface area contributed by atoms with Gasteiger partial charge in [0.25, 0.3) is 0 Å². The maximum Gasteiger partial charge on any atom is 0.228 e. The molecule has 9 heteroatoms. The predicted molar refractivity (Wildman–Crippen MR) is 152 cm³/mol. The van der Waals surface area contributed by atoms with Gasteiger partial charge in [-0.1, -0.05) is 35.9 Å². The zero-order valence-electron chi connectivity index (χ0n) is 21.2. The molecule has 1 aliphatic rings. The van der Waals surface area contributed by atoms with E-state index in [-0.39, 0.29) is 12.3 Å². The molecule has 0 spiro atoms. The molecule has 1 saturated carbocycles. The number of hydrogen-bond donors (Lipinski definition) is 2. The number of methoxy groups -OCH3 is 2. The van der Waals surface area contributed by atoms with Crippen LogP contribution >= 0.6 is 23.5 Å². The lowest BCUT2D eigenvalue weighted by Crippen LogP contribution is -2.15. The smallest absolute Gasteiger partial charge is 0.228 e. The highest BCUT2D eigenvalue weighted by Gasteiger charge is 2.26. The van der Waals surface area contributed by atoms with E-state index in [9.17, 15) is 4.79 Å². The van der Waals surface area contributed by atoms with Gasteiger partial charge in [-0.3, -0.25) is 9.52 Å². The van der Waals surface area contributed by atoms with Gasteiger partial charge in [0.05, 0.1) is 36.9 Å². The first-order valence-electron chi connectivity index (χ1n) is 12.4. The van der Waals surface area contributed by atoms with Crippen molar-refractivity contribution in [3.63, 3.8) is 0 Å². The Hall–Kier alpha value is -3.46. The maximum absolute atomic E-state index is 12.8. The van der Waals surface area contributed by atoms with E-state index in [4.69, 9.17) is 26.2 Å². The van der Waals surface area contributed by atoms with Crippen LogP contribution in [0.15, 0.2) is 77.8 Å². The summed E-state index contributed by atoms with van der Waals surface area (Å²) < 4.78 is 16.2. The predicted octanol–water partition coefficient (Wildman–Crippen LogP) is 6.40. The summed E-state index contributed by atoms with van der Waals surface area (Å²) in [7, 11) is 3.28. The Bertz CT molecular complexity index is 1440. The van der Waals surface area contributed by atoms with Crippen molar-refractivity contribution in [3.05, 3.63) is 94.8 Å². The van der Waals surface area contributed by atoms with E-state index >= 15 is 0 Å². The molecule has 1 fully saturated rings. The lowest BCUT2D eigenvalue weighted by atomic mass is 10.1. The second-order valence-corrected chi connectivity index (χ2v) is 10.4. The van der Waals surface area contributed by atoms with E-state index in [0.29, 0.717) is 23.2 Å². The minimum Gasteiger partial charge on any atom is -0.497 e. The molecule has 0 aliphatic heterocycles. The molecule has 5 rings (SSSR count). The maximum atomic E-state index is 12.8. The number of benzene rings is 3. The molecule has 1 amide bonds. The Balaban J connectivity index is 1.34. The van der Waals surface area contributed by atoms with Crippen molar-refractivity contribution in [2.75, 3.05) is 19.5 Å². The molecular formula is C29H29ClN4O3S. The molecule has 38 heavy (non-hydrogen) atoms. The zero-order chi connectivity index (χ0) is 26.5. The molecule has 196 valence electrons. The number of aromatic nitrogens is 2. The van der Waals surface area contributed by atoms with Gasteiger partial charge in [-0.25, -0.2) is 4.68 Å². The van der Waals surface area contributed by atoms with Crippen LogP contribution in [0.4, 0.5) is 5.69 Å². The van der Waals surface area contributed by atoms with Crippen molar-refractivity contribution in [3.8, 4) is 17.2 Å². The van der Waals surface area contributed by atoms with Crippen LogP contribution in [0.5, 0.6) is 11.5 Å². The third-order valence-corrected chi connectivity index (χ3v) is 7.55. The Morgan fingerprint density at radius 1 is 1.05 bits per heavy atom. The molecule has 0 saturated heterocycles. The first-order valence-corrected chi connectivity index (χ1v) is 13.6. The van der Waals surface area contributed by atoms with Crippen molar-refractivity contribution >= 4 is 35.1 Å². The van der Waals surface area contributed by atoms with Gasteiger partial charge in [0, 0.05) is 41.0 Å². The minimum absolute atomic E-state index is 0.132. The molecule has 7 nitrogen and oxygen atoms in total. The molecule has 0 atom stereocenters. The van der Waals surface area contributed by atoms with E-state index in [2.05, 4.69) is 16.1 Å². The summed E-state index contributed by atoms with van der Waals surface area (Å²) in [5.74, 6) is 1.93. The lowest BCUT2D eigenvalue weighted by Gasteiger charge is -2.14. The van der Waals surface area contributed by atoms with Gasteiger partial charge in [0.1, 0.15) is 11.5 Å². The van der Waals surface area contributed by atoms with E-state index in [1.54, 1.807) is 20.3 Å². The van der Waals surface area contributed by atoms with Crippen LogP contribution in [0.3, 0.4) is 0 Å². The normalized spacial score (nSPS) is 12.8. The summed E-state index contributed by atoms with van der Waals surface area (Å²) in [6.45, 7) is 0.562. The molecule has 1 aromatic heterocycles. The number of anilines is 1. The number of halogens is 1. The van der Waals surface area contributed by atoms with Crippen molar-refractivity contribution < 1.29 is 14.3 Å². The number of carbonyl (C=O) groups is 1. The highest BCUT2D eigenvalue weighted by Crippen LogP contribution is 2.39. The van der Waals surface area contributed by atoms with Gasteiger partial charge < -0.3 is 14.8 Å². The van der Waals surface area contributed by atoms with Crippen LogP contribution in [-0.2, 0) is 17.8 Å². The molecule has 1 heterocycles. The lowest BCUT2D eigenvalue weighted by molar-refractivity contribution is -0.115. The van der Waals surface area contributed by atoms with Crippen LogP contribution in [0, 0.1) is 0 Å². The fourth-order valence-corrected chi connectivity index (χ4v) is 5.18. The third kappa shape index (κ3) is 6.32. The molecule has 0 unspecified atom stereocenters. The molecular weight excluding hydrogens is 520 g/mol. The topological polar surface area (TPSA) is 77.4 Å². The second-order valence-electron chi connectivity index (χ2n) is 9.06. The van der Waals surface area contributed by atoms with E-state index in [1.807, 2.05) is 65.5 Å². The van der Waals surface area contributed by atoms with Gasteiger partial charge in [-0.2, -0.15) is 5.10 Å². The minimum atomic E-state index is -0.132. The standard InChI is InChI=1S/C29H29ClN4O3S/c1-36-23-11-9-21(27(17-23)37-2)18-31-38-28-16-22(32-29(35)15-20-5-3-4-6-24(20)30)10-12-26(28)34-14-13-25(33-34)19-7-8-19/h3-6,9-14,16-17,19,31H,7-8,15,18H2,1-2H3,(H,32,35). The average Bonchev–Trinajstić information content (AvgIpc) is 3.67. The molecule has 4 aromatic rings. The van der Waals surface area contributed by atoms with E-state index in [1.165, 1.54) is 24.8 Å². The number of ether oxygens (including phenoxy) is 2.